The zero-order valence-electron chi connectivity index (χ0n) is 18.0. The number of aryl methyl sites for hydroxylation is 1. The topological polar surface area (TPSA) is 65.4 Å². The zero-order valence-corrected chi connectivity index (χ0v) is 18.7. The lowest BCUT2D eigenvalue weighted by Crippen LogP contribution is -2.34. The maximum Gasteiger partial charge on any atom is 0.0720 e. The molecular weight excluding hydrogens is 372 g/mol. The van der Waals surface area contributed by atoms with Crippen LogP contribution in [0.25, 0.3) is 5.57 Å². The highest BCUT2D eigenvalue weighted by Gasteiger charge is 2.18. The summed E-state index contributed by atoms with van der Waals surface area (Å²) in [6.45, 7) is 4.33. The van der Waals surface area contributed by atoms with Crippen molar-refractivity contribution in [2.24, 2.45) is 5.92 Å². The summed E-state index contributed by atoms with van der Waals surface area (Å²) in [5, 5.41) is 18.1. The van der Waals surface area contributed by atoms with Gasteiger partial charge in [0.25, 0.3) is 0 Å². The third-order valence-corrected chi connectivity index (χ3v) is 5.09. The van der Waals surface area contributed by atoms with Gasteiger partial charge in [0.1, 0.15) is 0 Å². The van der Waals surface area contributed by atoms with Crippen molar-refractivity contribution >= 4 is 17.2 Å². The quantitative estimate of drug-likeness (QED) is 0.653. The average molecular weight is 409 g/mol. The van der Waals surface area contributed by atoms with Crippen LogP contribution in [0, 0.1) is 12.8 Å². The molecule has 0 amide bonds. The molecule has 1 heterocycles. The Morgan fingerprint density at radius 2 is 1.79 bits per heavy atom. The molecule has 1 fully saturated rings. The second kappa shape index (κ2) is 16.5. The Labute approximate surface area is 176 Å². The summed E-state index contributed by atoms with van der Waals surface area (Å²) in [6.07, 6.45) is 14.7. The highest BCUT2D eigenvalue weighted by atomic mass is 35.5. The number of nitrogens with zero attached hydrogens (tertiary/aromatic N) is 1. The van der Waals surface area contributed by atoms with Crippen LogP contribution < -0.4 is 5.32 Å². The molecule has 0 bridgehead atoms. The van der Waals surface area contributed by atoms with Crippen molar-refractivity contribution in [1.82, 2.24) is 10.3 Å². The van der Waals surface area contributed by atoms with Gasteiger partial charge in [-0.25, -0.2) is 0 Å². The maximum absolute atomic E-state index is 7.00. The molecule has 0 spiro atoms. The first-order chi connectivity index (χ1) is 13.6. The minimum atomic E-state index is 0.776. The van der Waals surface area contributed by atoms with Gasteiger partial charge in [0.2, 0.25) is 0 Å². The van der Waals surface area contributed by atoms with Gasteiger partial charge in [-0.3, -0.25) is 4.98 Å². The average Bonchev–Trinajstić information content (AvgIpc) is 2.96. The van der Waals surface area contributed by atoms with E-state index in [2.05, 4.69) is 30.3 Å². The van der Waals surface area contributed by atoms with Crippen LogP contribution in [0.3, 0.4) is 0 Å². The van der Waals surface area contributed by atoms with Crippen LogP contribution in [0.4, 0.5) is 0 Å². The summed E-state index contributed by atoms with van der Waals surface area (Å²) in [5.74, 6) is 0.906. The lowest BCUT2D eigenvalue weighted by atomic mass is 9.86. The number of halogens is 1. The number of hydrogen-bond donors (Lipinski definition) is 3. The molecular formula is C23H37ClN2O2. The lowest BCUT2D eigenvalue weighted by Gasteiger charge is -2.27. The first-order valence-electron chi connectivity index (χ1n) is 9.85. The van der Waals surface area contributed by atoms with Crippen molar-refractivity contribution < 1.29 is 10.2 Å². The lowest BCUT2D eigenvalue weighted by molar-refractivity contribution is 0.294. The van der Waals surface area contributed by atoms with E-state index in [1.165, 1.54) is 25.7 Å². The first kappa shape index (κ1) is 26.5. The van der Waals surface area contributed by atoms with E-state index >= 15 is 0 Å². The monoisotopic (exact) mass is 408 g/mol. The van der Waals surface area contributed by atoms with Gasteiger partial charge in [0.05, 0.1) is 5.69 Å². The summed E-state index contributed by atoms with van der Waals surface area (Å²) in [4.78, 5) is 4.46. The highest BCUT2D eigenvalue weighted by molar-refractivity contribution is 6.37. The van der Waals surface area contributed by atoms with Crippen LogP contribution >= 0.6 is 11.6 Å². The van der Waals surface area contributed by atoms with Crippen molar-refractivity contribution in [3.63, 3.8) is 0 Å². The number of nitrogens with one attached hydrogen (secondary N) is 1. The SMILES string of the molecule is CNC1CCCCC1C.CO.CO.Cc1cccc(C2=CC=CCC=C2Cl)n1. The van der Waals surface area contributed by atoms with Crippen molar-refractivity contribution in [3.8, 4) is 0 Å². The molecule has 2 aliphatic rings. The van der Waals surface area contributed by atoms with Crippen molar-refractivity contribution in [3.05, 3.63) is 58.9 Å². The summed E-state index contributed by atoms with van der Waals surface area (Å²) in [6, 6.07) is 6.76. The van der Waals surface area contributed by atoms with Crippen LogP contribution in [0.1, 0.15) is 50.4 Å². The first-order valence-corrected chi connectivity index (χ1v) is 10.2. The van der Waals surface area contributed by atoms with Crippen molar-refractivity contribution in [2.75, 3.05) is 21.3 Å². The van der Waals surface area contributed by atoms with E-state index < -0.39 is 0 Å². The van der Waals surface area contributed by atoms with Gasteiger partial charge in [0, 0.05) is 36.6 Å². The molecule has 5 heteroatoms. The van der Waals surface area contributed by atoms with E-state index in [9.17, 15) is 0 Å². The van der Waals surface area contributed by atoms with Crippen molar-refractivity contribution in [2.45, 2.75) is 52.0 Å². The minimum absolute atomic E-state index is 0.776. The molecule has 158 valence electrons. The fourth-order valence-electron chi connectivity index (χ4n) is 3.25. The van der Waals surface area contributed by atoms with E-state index in [0.717, 1.165) is 54.6 Å². The normalized spacial score (nSPS) is 20.6. The van der Waals surface area contributed by atoms with E-state index in [4.69, 9.17) is 21.8 Å². The third kappa shape index (κ3) is 9.65. The number of aliphatic hydroxyl groups is 2. The number of pyridine rings is 1. The molecule has 1 aromatic heterocycles. The van der Waals surface area contributed by atoms with Gasteiger partial charge in [-0.05, 0) is 51.3 Å². The van der Waals surface area contributed by atoms with Gasteiger partial charge in [-0.1, -0.05) is 61.7 Å². The largest absolute Gasteiger partial charge is 0.400 e. The van der Waals surface area contributed by atoms with Crippen molar-refractivity contribution in [1.29, 1.82) is 0 Å². The van der Waals surface area contributed by atoms with Crippen LogP contribution in [0.5, 0.6) is 0 Å². The molecule has 0 aromatic carbocycles. The van der Waals surface area contributed by atoms with Gasteiger partial charge in [-0.15, -0.1) is 0 Å². The molecule has 1 saturated carbocycles. The Morgan fingerprint density at radius 1 is 1.11 bits per heavy atom. The Hall–Kier alpha value is -1.46. The predicted molar refractivity (Wildman–Crippen MR) is 121 cm³/mol. The number of allylic oxidation sites excluding steroid dienone is 6. The fourth-order valence-corrected chi connectivity index (χ4v) is 3.50. The van der Waals surface area contributed by atoms with Crippen LogP contribution in [-0.4, -0.2) is 42.5 Å². The molecule has 4 nitrogen and oxygen atoms in total. The van der Waals surface area contributed by atoms with Crippen LogP contribution in [0.2, 0.25) is 0 Å². The second-order valence-corrected chi connectivity index (χ2v) is 7.02. The number of aromatic nitrogens is 1. The van der Waals surface area contributed by atoms with E-state index in [-0.39, 0.29) is 0 Å². The molecule has 0 saturated heterocycles. The number of hydrogen-bond acceptors (Lipinski definition) is 4. The number of rotatable bonds is 2. The van der Waals surface area contributed by atoms with E-state index in [1.54, 1.807) is 0 Å². The molecule has 2 unspecified atom stereocenters. The smallest absolute Gasteiger partial charge is 0.0720 e. The summed E-state index contributed by atoms with van der Waals surface area (Å²) >= 11 is 6.19. The van der Waals surface area contributed by atoms with Crippen LogP contribution in [-0.2, 0) is 0 Å². The second-order valence-electron chi connectivity index (χ2n) is 6.62. The van der Waals surface area contributed by atoms with Gasteiger partial charge in [-0.2, -0.15) is 0 Å². The Morgan fingerprint density at radius 3 is 2.36 bits per heavy atom. The Balaban J connectivity index is 0.000000481. The molecule has 28 heavy (non-hydrogen) atoms. The predicted octanol–water partition coefficient (Wildman–Crippen LogP) is 4.86. The van der Waals surface area contributed by atoms with E-state index in [0.29, 0.717) is 0 Å². The zero-order chi connectivity index (χ0) is 21.4. The Kier molecular flexibility index (Phi) is 15.6. The van der Waals surface area contributed by atoms with Gasteiger partial charge in [0.15, 0.2) is 0 Å². The summed E-state index contributed by atoms with van der Waals surface area (Å²) < 4.78 is 0. The molecule has 0 aliphatic heterocycles. The third-order valence-electron chi connectivity index (χ3n) is 4.74. The Bertz CT molecular complexity index is 627. The molecule has 2 atom stereocenters. The summed E-state index contributed by atoms with van der Waals surface area (Å²) in [7, 11) is 4.08. The van der Waals surface area contributed by atoms with E-state index in [1.807, 2.05) is 43.4 Å². The molecule has 3 N–H and O–H groups in total. The van der Waals surface area contributed by atoms with Gasteiger partial charge < -0.3 is 15.5 Å². The standard InChI is InChI=1S/C13H12ClN.C8H17N.2CH4O/c1-10-6-5-9-13(15-10)11-7-3-2-4-8-12(11)14;1-7-5-3-4-6-8(7)9-2;2*1-2/h2-3,5-9H,4H2,1H3;7-9H,3-6H2,1-2H3;2*2H,1H3. The highest BCUT2D eigenvalue weighted by Crippen LogP contribution is 2.27. The number of aliphatic hydroxyl groups excluding tert-OH is 2. The molecule has 3 rings (SSSR count). The minimum Gasteiger partial charge on any atom is -0.400 e. The molecule has 2 aliphatic carbocycles. The van der Waals surface area contributed by atoms with Gasteiger partial charge >= 0.3 is 0 Å². The molecule has 0 radical (unpaired) electrons. The maximum atomic E-state index is 7.00. The van der Waals surface area contributed by atoms with Crippen LogP contribution in [0.15, 0.2) is 47.5 Å². The summed E-state index contributed by atoms with van der Waals surface area (Å²) in [5.41, 5.74) is 2.93. The fraction of sp³-hybridized carbons (Fsp3) is 0.522. The molecule has 1 aromatic rings.